The fourth-order valence-corrected chi connectivity index (χ4v) is 3.65. The van der Waals surface area contributed by atoms with E-state index in [0.717, 1.165) is 5.56 Å². The zero-order valence-electron chi connectivity index (χ0n) is 13.5. The Morgan fingerprint density at radius 1 is 0.778 bits per heavy atom. The molecule has 0 atom stereocenters. The minimum Gasteiger partial charge on any atom is -0.381 e. The number of hydrogen-bond donors (Lipinski definition) is 2. The first-order chi connectivity index (χ1) is 12.8. The highest BCUT2D eigenvalue weighted by Gasteiger charge is 2.26. The molecule has 2 aromatic carbocycles. The van der Waals surface area contributed by atoms with Crippen molar-refractivity contribution in [1.82, 2.24) is 9.97 Å². The Labute approximate surface area is 165 Å². The average molecular weight is 420 g/mol. The number of halogens is 2. The van der Waals surface area contributed by atoms with Gasteiger partial charge in [-0.2, -0.15) is 8.42 Å². The summed E-state index contributed by atoms with van der Waals surface area (Å²) in [6.07, 6.45) is 0. The highest BCUT2D eigenvalue weighted by atomic mass is 35.5. The molecule has 0 fully saturated rings. The third-order valence-electron chi connectivity index (χ3n) is 3.82. The maximum Gasteiger partial charge on any atom is 0.345 e. The highest BCUT2D eigenvalue weighted by Crippen LogP contribution is 2.33. The number of anilines is 1. The predicted molar refractivity (Wildman–Crippen MR) is 106 cm³/mol. The van der Waals surface area contributed by atoms with Crippen LogP contribution in [0.25, 0.3) is 22.5 Å². The van der Waals surface area contributed by atoms with Gasteiger partial charge in [0.15, 0.2) is 17.3 Å². The van der Waals surface area contributed by atoms with Gasteiger partial charge in [-0.1, -0.05) is 47.5 Å². The van der Waals surface area contributed by atoms with Gasteiger partial charge in [0.05, 0.1) is 11.4 Å². The number of fused-ring (bicyclic) bond motifs is 1. The Morgan fingerprint density at radius 2 is 1.26 bits per heavy atom. The van der Waals surface area contributed by atoms with Gasteiger partial charge in [-0.3, -0.25) is 0 Å². The summed E-state index contributed by atoms with van der Waals surface area (Å²) in [5, 5.41) is 1.14. The van der Waals surface area contributed by atoms with E-state index in [1.54, 1.807) is 48.5 Å². The predicted octanol–water partition coefficient (Wildman–Crippen LogP) is 3.49. The number of hydrogen-bond acceptors (Lipinski definition) is 5. The van der Waals surface area contributed by atoms with Crippen LogP contribution in [0.5, 0.6) is 0 Å². The summed E-state index contributed by atoms with van der Waals surface area (Å²) in [5.41, 5.74) is 8.37. The Bertz CT molecular complexity index is 1180. The number of benzene rings is 2. The van der Waals surface area contributed by atoms with E-state index in [-0.39, 0.29) is 17.3 Å². The van der Waals surface area contributed by atoms with Crippen LogP contribution in [-0.4, -0.2) is 24.2 Å². The lowest BCUT2D eigenvalue weighted by Crippen LogP contribution is -2.28. The van der Waals surface area contributed by atoms with Gasteiger partial charge >= 0.3 is 10.2 Å². The monoisotopic (exact) mass is 419 g/mol. The Morgan fingerprint density at radius 3 is 1.78 bits per heavy atom. The Balaban J connectivity index is 1.99. The summed E-state index contributed by atoms with van der Waals surface area (Å²) in [7, 11) is -3.96. The molecule has 10 heteroatoms. The number of amidine groups is 1. The molecular formula is C17H11Cl2N5O2S. The SMILES string of the molecule is NC1=NS(=O)(=O)Nc2nc(-c3ccc(Cl)cc3)c(-c3ccc(Cl)cc3)nc21. The maximum atomic E-state index is 11.8. The first-order valence-corrected chi connectivity index (χ1v) is 9.84. The molecule has 0 saturated carbocycles. The molecule has 0 radical (unpaired) electrons. The molecule has 1 aliphatic rings. The quantitative estimate of drug-likeness (QED) is 0.660. The minimum atomic E-state index is -3.96. The van der Waals surface area contributed by atoms with Gasteiger partial charge in [0.1, 0.15) is 0 Å². The lowest BCUT2D eigenvalue weighted by atomic mass is 10.0. The normalized spacial score (nSPS) is 14.8. The third-order valence-corrected chi connectivity index (χ3v) is 5.21. The number of nitrogens with one attached hydrogen (secondary N) is 1. The van der Waals surface area contributed by atoms with Crippen LogP contribution in [0, 0.1) is 0 Å². The fraction of sp³-hybridized carbons (Fsp3) is 0. The topological polar surface area (TPSA) is 110 Å². The van der Waals surface area contributed by atoms with Gasteiger partial charge in [-0.05, 0) is 24.3 Å². The molecule has 0 saturated heterocycles. The van der Waals surface area contributed by atoms with E-state index in [2.05, 4.69) is 19.1 Å². The Hall–Kier alpha value is -2.68. The molecule has 136 valence electrons. The smallest absolute Gasteiger partial charge is 0.345 e. The van der Waals surface area contributed by atoms with Crippen molar-refractivity contribution in [2.45, 2.75) is 0 Å². The number of nitrogens with zero attached hydrogens (tertiary/aromatic N) is 3. The van der Waals surface area contributed by atoms with Crippen LogP contribution in [0.15, 0.2) is 52.9 Å². The van der Waals surface area contributed by atoms with Crippen LogP contribution in [0.2, 0.25) is 10.0 Å². The van der Waals surface area contributed by atoms with Crippen molar-refractivity contribution in [3.63, 3.8) is 0 Å². The van der Waals surface area contributed by atoms with Crippen molar-refractivity contribution < 1.29 is 8.42 Å². The highest BCUT2D eigenvalue weighted by molar-refractivity contribution is 7.91. The summed E-state index contributed by atoms with van der Waals surface area (Å²) in [6.45, 7) is 0. The molecule has 4 rings (SSSR count). The van der Waals surface area contributed by atoms with E-state index in [1.165, 1.54) is 0 Å². The van der Waals surface area contributed by atoms with Crippen molar-refractivity contribution in [2.24, 2.45) is 10.1 Å². The average Bonchev–Trinajstić information content (AvgIpc) is 2.61. The second kappa shape index (κ2) is 6.49. The third kappa shape index (κ3) is 3.46. The lowest BCUT2D eigenvalue weighted by molar-refractivity contribution is 0.602. The van der Waals surface area contributed by atoms with Crippen molar-refractivity contribution in [3.05, 3.63) is 64.3 Å². The Kier molecular flexibility index (Phi) is 4.26. The maximum absolute atomic E-state index is 11.8. The molecule has 0 bridgehead atoms. The van der Waals surface area contributed by atoms with Gasteiger partial charge in [0.25, 0.3) is 0 Å². The molecule has 1 aromatic heterocycles. The van der Waals surface area contributed by atoms with E-state index in [4.69, 9.17) is 28.9 Å². The summed E-state index contributed by atoms with van der Waals surface area (Å²) in [4.78, 5) is 9.01. The first kappa shape index (κ1) is 17.7. The van der Waals surface area contributed by atoms with Gasteiger partial charge in [0.2, 0.25) is 0 Å². The summed E-state index contributed by atoms with van der Waals surface area (Å²) >= 11 is 11.9. The van der Waals surface area contributed by atoms with E-state index in [9.17, 15) is 8.42 Å². The molecule has 2 heterocycles. The molecule has 27 heavy (non-hydrogen) atoms. The summed E-state index contributed by atoms with van der Waals surface area (Å²) < 4.78 is 29.4. The zero-order valence-corrected chi connectivity index (χ0v) is 15.8. The minimum absolute atomic E-state index is 0.0187. The molecule has 1 aliphatic heterocycles. The molecule has 3 N–H and O–H groups in total. The van der Waals surface area contributed by atoms with E-state index in [1.807, 2.05) is 0 Å². The molecular weight excluding hydrogens is 409 g/mol. The van der Waals surface area contributed by atoms with Crippen LogP contribution in [0.1, 0.15) is 5.69 Å². The molecule has 0 spiro atoms. The van der Waals surface area contributed by atoms with E-state index in [0.29, 0.717) is 27.0 Å². The number of rotatable bonds is 2. The van der Waals surface area contributed by atoms with E-state index >= 15 is 0 Å². The summed E-state index contributed by atoms with van der Waals surface area (Å²) in [6, 6.07) is 14.0. The molecule has 7 nitrogen and oxygen atoms in total. The van der Waals surface area contributed by atoms with Gasteiger partial charge < -0.3 is 5.73 Å². The van der Waals surface area contributed by atoms with Crippen molar-refractivity contribution in [1.29, 1.82) is 0 Å². The first-order valence-electron chi connectivity index (χ1n) is 7.65. The summed E-state index contributed by atoms with van der Waals surface area (Å²) in [5.74, 6) is -0.209. The van der Waals surface area contributed by atoms with Crippen molar-refractivity contribution in [3.8, 4) is 22.5 Å². The second-order valence-corrected chi connectivity index (χ2v) is 7.90. The zero-order chi connectivity index (χ0) is 19.2. The van der Waals surface area contributed by atoms with Gasteiger partial charge in [0, 0.05) is 21.2 Å². The van der Waals surface area contributed by atoms with Crippen molar-refractivity contribution >= 4 is 45.1 Å². The van der Waals surface area contributed by atoms with Crippen LogP contribution in [0.4, 0.5) is 5.82 Å². The molecule has 3 aromatic rings. The molecule has 0 aliphatic carbocycles. The molecule has 0 amide bonds. The standard InChI is InChI=1S/C17H11Cl2N5O2S/c18-11-5-1-9(2-6-11)13-14(10-3-7-12(19)8-4-10)22-17-15(21-13)16(20)23-27(25,26)24-17/h1-8H,(H2,20,23)(H,22,24). The number of aromatic nitrogens is 2. The molecule has 0 unspecified atom stereocenters. The van der Waals surface area contributed by atoms with Crippen LogP contribution in [-0.2, 0) is 10.2 Å². The van der Waals surface area contributed by atoms with Gasteiger partial charge in [-0.25, -0.2) is 14.7 Å². The van der Waals surface area contributed by atoms with Crippen LogP contribution in [0.3, 0.4) is 0 Å². The lowest BCUT2D eigenvalue weighted by Gasteiger charge is -2.18. The van der Waals surface area contributed by atoms with E-state index < -0.39 is 10.2 Å². The van der Waals surface area contributed by atoms with Crippen LogP contribution >= 0.6 is 23.2 Å². The largest absolute Gasteiger partial charge is 0.381 e. The second-order valence-electron chi connectivity index (χ2n) is 5.69. The number of nitrogens with two attached hydrogens (primary N) is 1. The van der Waals surface area contributed by atoms with Crippen LogP contribution < -0.4 is 10.5 Å². The van der Waals surface area contributed by atoms with Crippen molar-refractivity contribution in [2.75, 3.05) is 4.72 Å². The van der Waals surface area contributed by atoms with Gasteiger partial charge in [-0.15, -0.1) is 4.40 Å². The fourth-order valence-electron chi connectivity index (χ4n) is 2.62.